The largest absolute Gasteiger partial charge is 0.423 e. The summed E-state index contributed by atoms with van der Waals surface area (Å²) in [5, 5.41) is 6.11. The molecule has 7 rings (SSSR count). The molecule has 0 radical (unpaired) electrons. The highest BCUT2D eigenvalue weighted by molar-refractivity contribution is 7.88. The van der Waals surface area contributed by atoms with Gasteiger partial charge in [0.2, 0.25) is 0 Å². The summed E-state index contributed by atoms with van der Waals surface area (Å²) in [6.07, 6.45) is 5.19. The molecular formula is C24H22FN7O2S. The number of hydrogen-bond acceptors (Lipinski definition) is 8. The molecule has 9 nitrogen and oxygen atoms in total. The van der Waals surface area contributed by atoms with Gasteiger partial charge in [0.05, 0.1) is 44.2 Å². The summed E-state index contributed by atoms with van der Waals surface area (Å²) >= 11 is 0. The van der Waals surface area contributed by atoms with Crippen molar-refractivity contribution >= 4 is 50.3 Å². The summed E-state index contributed by atoms with van der Waals surface area (Å²) in [4.78, 5) is 19.9. The van der Waals surface area contributed by atoms with Gasteiger partial charge in [-0.1, -0.05) is 0 Å². The number of rotatable bonds is 4. The van der Waals surface area contributed by atoms with Crippen molar-refractivity contribution in [3.05, 3.63) is 41.3 Å². The second-order valence-electron chi connectivity index (χ2n) is 9.26. The minimum atomic E-state index is -1.25. The van der Waals surface area contributed by atoms with Crippen molar-refractivity contribution in [1.29, 1.82) is 0 Å². The van der Waals surface area contributed by atoms with Crippen LogP contribution < -0.4 is 20.7 Å². The van der Waals surface area contributed by atoms with Gasteiger partial charge in [-0.15, -0.1) is 0 Å². The van der Waals surface area contributed by atoms with Gasteiger partial charge in [0.1, 0.15) is 17.3 Å². The van der Waals surface area contributed by atoms with Gasteiger partial charge in [0.25, 0.3) is 0 Å². The van der Waals surface area contributed by atoms with E-state index in [4.69, 9.17) is 15.5 Å². The second kappa shape index (κ2) is 7.46. The van der Waals surface area contributed by atoms with Gasteiger partial charge in [-0.3, -0.25) is 4.98 Å². The molecule has 1 saturated heterocycles. The number of ether oxygens (including phenoxy) is 1. The maximum Gasteiger partial charge on any atom is 0.326 e. The van der Waals surface area contributed by atoms with E-state index in [2.05, 4.69) is 25.2 Å². The van der Waals surface area contributed by atoms with E-state index in [-0.39, 0.29) is 23.9 Å². The molecule has 0 amide bonds. The Hall–Kier alpha value is -3.57. The maximum atomic E-state index is 14.5. The number of nitrogens with two attached hydrogens (primary N) is 1. The Labute approximate surface area is 202 Å². The van der Waals surface area contributed by atoms with Gasteiger partial charge >= 0.3 is 6.01 Å². The standard InChI is InChI=1S/C24H22FN7O2S/c1-27-18-6-12(25)5-15-20-22(29-21(15)18)30-24(31-23(20)32-10-11-4-13(32)7-16(11)26)34-14-8-19-17(28-9-14)2-3-35(19)33/h2-3,5-6,8-9,11,13,16,27H,4,7,10,26H2,1H3,(H,29,30,31)/t11-,13-,16-,35?/m1/s1. The molecule has 35 heavy (non-hydrogen) atoms. The molecule has 0 spiro atoms. The number of fused-ring (bicyclic) bond motifs is 6. The molecule has 1 unspecified atom stereocenters. The molecule has 4 N–H and O–H groups in total. The van der Waals surface area contributed by atoms with Crippen LogP contribution in [0.15, 0.2) is 34.7 Å². The number of aromatic amines is 1. The monoisotopic (exact) mass is 491 g/mol. The minimum absolute atomic E-state index is 0.135. The van der Waals surface area contributed by atoms with E-state index in [1.54, 1.807) is 30.8 Å². The van der Waals surface area contributed by atoms with Gasteiger partial charge in [-0.2, -0.15) is 9.97 Å². The fourth-order valence-corrected chi connectivity index (χ4v) is 6.57. The SMILES string of the molecule is CNc1cc(F)cc2c1[nH]c1nc(Oc3cnc4c(c3)S(=O)C=C4)nc(N3C[C@H]4C[C@@H]3C[C@H]4N)c12. The van der Waals surface area contributed by atoms with E-state index in [1.807, 2.05) is 0 Å². The van der Waals surface area contributed by atoms with Crippen molar-refractivity contribution in [2.24, 2.45) is 11.7 Å². The number of benzene rings is 1. The van der Waals surface area contributed by atoms with Crippen LogP contribution in [-0.2, 0) is 10.8 Å². The third kappa shape index (κ3) is 3.15. The molecule has 3 aliphatic rings. The van der Waals surface area contributed by atoms with E-state index in [0.717, 1.165) is 30.3 Å². The number of nitrogens with one attached hydrogen (secondary N) is 2. The summed E-state index contributed by atoms with van der Waals surface area (Å²) in [6, 6.07) is 5.24. The zero-order valence-electron chi connectivity index (χ0n) is 18.8. The van der Waals surface area contributed by atoms with Crippen LogP contribution in [0.5, 0.6) is 11.8 Å². The Balaban J connectivity index is 1.39. The first-order valence-corrected chi connectivity index (χ1v) is 12.7. The summed E-state index contributed by atoms with van der Waals surface area (Å²) in [5.41, 5.74) is 8.90. The molecule has 11 heteroatoms. The van der Waals surface area contributed by atoms with Crippen molar-refractivity contribution in [2.45, 2.75) is 29.8 Å². The van der Waals surface area contributed by atoms with Crippen molar-refractivity contribution in [1.82, 2.24) is 19.9 Å². The third-order valence-corrected chi connectivity index (χ3v) is 8.40. The number of aromatic nitrogens is 4. The lowest BCUT2D eigenvalue weighted by Gasteiger charge is -2.31. The van der Waals surface area contributed by atoms with Gasteiger partial charge in [0.15, 0.2) is 5.75 Å². The Bertz CT molecular complexity index is 1580. The Morgan fingerprint density at radius 2 is 2.17 bits per heavy atom. The van der Waals surface area contributed by atoms with Crippen LogP contribution in [0.4, 0.5) is 15.9 Å². The first-order valence-electron chi connectivity index (χ1n) is 11.5. The first-order chi connectivity index (χ1) is 17.0. The van der Waals surface area contributed by atoms with E-state index in [1.165, 1.54) is 12.1 Å². The number of H-pyrrole nitrogens is 1. The van der Waals surface area contributed by atoms with Crippen molar-refractivity contribution < 1.29 is 13.3 Å². The average molecular weight is 492 g/mol. The predicted octanol–water partition coefficient (Wildman–Crippen LogP) is 3.50. The smallest absolute Gasteiger partial charge is 0.326 e. The van der Waals surface area contributed by atoms with Crippen molar-refractivity contribution in [2.75, 3.05) is 23.8 Å². The number of halogens is 1. The van der Waals surface area contributed by atoms with Gasteiger partial charge in [0, 0.05) is 42.5 Å². The maximum absolute atomic E-state index is 14.5. The zero-order valence-corrected chi connectivity index (χ0v) is 19.6. The summed E-state index contributed by atoms with van der Waals surface area (Å²) in [7, 11) is 0.503. The van der Waals surface area contributed by atoms with Crippen LogP contribution in [0.25, 0.3) is 28.0 Å². The van der Waals surface area contributed by atoms with Crippen LogP contribution in [-0.4, -0.2) is 49.8 Å². The number of nitrogens with zero attached hydrogens (tertiary/aromatic N) is 4. The lowest BCUT2D eigenvalue weighted by molar-refractivity contribution is 0.437. The fraction of sp³-hybridized carbons (Fsp3) is 0.292. The van der Waals surface area contributed by atoms with E-state index < -0.39 is 10.8 Å². The number of piperidine rings is 1. The molecule has 2 aliphatic heterocycles. The number of anilines is 2. The lowest BCUT2D eigenvalue weighted by Crippen LogP contribution is -2.41. The molecule has 1 aliphatic carbocycles. The molecule has 2 fully saturated rings. The Kier molecular flexibility index (Phi) is 4.43. The van der Waals surface area contributed by atoms with Crippen LogP contribution in [0.3, 0.4) is 0 Å². The highest BCUT2D eigenvalue weighted by Gasteiger charge is 2.44. The predicted molar refractivity (Wildman–Crippen MR) is 132 cm³/mol. The van der Waals surface area contributed by atoms with Crippen molar-refractivity contribution in [3.63, 3.8) is 0 Å². The topological polar surface area (TPSA) is 122 Å². The second-order valence-corrected chi connectivity index (χ2v) is 10.6. The van der Waals surface area contributed by atoms with E-state index >= 15 is 0 Å². The quantitative estimate of drug-likeness (QED) is 0.397. The van der Waals surface area contributed by atoms with Crippen LogP contribution in [0.1, 0.15) is 18.5 Å². The van der Waals surface area contributed by atoms with Gasteiger partial charge < -0.3 is 25.7 Å². The summed E-state index contributed by atoms with van der Waals surface area (Å²) < 4.78 is 32.7. The first kappa shape index (κ1) is 20.8. The van der Waals surface area contributed by atoms with Crippen molar-refractivity contribution in [3.8, 4) is 11.8 Å². The fourth-order valence-electron chi connectivity index (χ4n) is 5.61. The molecule has 178 valence electrons. The highest BCUT2D eigenvalue weighted by Crippen LogP contribution is 2.44. The normalized spacial score (nSPS) is 24.6. The molecule has 4 atom stereocenters. The molecule has 4 aromatic rings. The van der Waals surface area contributed by atoms with E-state index in [0.29, 0.717) is 44.8 Å². The Morgan fingerprint density at radius 1 is 1.29 bits per heavy atom. The molecular weight excluding hydrogens is 469 g/mol. The summed E-state index contributed by atoms with van der Waals surface area (Å²) in [6.45, 7) is 0.781. The van der Waals surface area contributed by atoms with Crippen LogP contribution in [0.2, 0.25) is 0 Å². The van der Waals surface area contributed by atoms with Crippen LogP contribution in [0, 0.1) is 11.7 Å². The number of pyridine rings is 1. The van der Waals surface area contributed by atoms with E-state index in [9.17, 15) is 8.60 Å². The number of hydrogen-bond donors (Lipinski definition) is 3. The average Bonchev–Trinajstić information content (AvgIpc) is 3.60. The minimum Gasteiger partial charge on any atom is -0.423 e. The Morgan fingerprint density at radius 3 is 2.94 bits per heavy atom. The molecule has 1 saturated carbocycles. The summed E-state index contributed by atoms with van der Waals surface area (Å²) in [5.74, 6) is 1.15. The molecule has 1 aromatic carbocycles. The zero-order chi connectivity index (χ0) is 23.8. The third-order valence-electron chi connectivity index (χ3n) is 7.26. The van der Waals surface area contributed by atoms with Crippen LogP contribution >= 0.6 is 0 Å². The van der Waals surface area contributed by atoms with Gasteiger partial charge in [-0.05, 0) is 37.0 Å². The molecule has 3 aromatic heterocycles. The molecule has 5 heterocycles. The molecule has 2 bridgehead atoms. The lowest BCUT2D eigenvalue weighted by atomic mass is 10.0. The van der Waals surface area contributed by atoms with Gasteiger partial charge in [-0.25, -0.2) is 8.60 Å². The highest BCUT2D eigenvalue weighted by atomic mass is 32.2.